The maximum atomic E-state index is 12.0. The lowest BCUT2D eigenvalue weighted by molar-refractivity contribution is -0.133. The first kappa shape index (κ1) is 12.7. The standard InChI is InChI=1S/C9H17N3O4S/c13-9(12-3-1-10-2-4-12)8-5-7(6-11-8)17(14,15)16/h7-8,10-11H,1-6H2,(H,14,15,16)/t7-,8-/m0/s1. The minimum atomic E-state index is -4.05. The van der Waals surface area contributed by atoms with E-state index in [1.165, 1.54) is 0 Å². The molecular formula is C9H17N3O4S. The molecule has 7 nitrogen and oxygen atoms in total. The summed E-state index contributed by atoms with van der Waals surface area (Å²) in [6, 6.07) is -0.486. The second-order valence-corrected chi connectivity index (χ2v) is 6.11. The summed E-state index contributed by atoms with van der Waals surface area (Å²) in [6.45, 7) is 2.96. The molecule has 2 atom stereocenters. The quantitative estimate of drug-likeness (QED) is 0.500. The van der Waals surface area contributed by atoms with Gasteiger partial charge in [0, 0.05) is 32.7 Å². The maximum Gasteiger partial charge on any atom is 0.269 e. The predicted octanol–water partition coefficient (Wildman–Crippen LogP) is -1.96. The fourth-order valence-corrected chi connectivity index (χ4v) is 2.97. The number of hydrogen-bond acceptors (Lipinski definition) is 5. The van der Waals surface area contributed by atoms with Gasteiger partial charge in [-0.2, -0.15) is 8.42 Å². The molecule has 0 aromatic heterocycles. The van der Waals surface area contributed by atoms with Crippen molar-refractivity contribution < 1.29 is 17.8 Å². The number of carbonyl (C=O) groups is 1. The van der Waals surface area contributed by atoms with Crippen LogP contribution in [0.25, 0.3) is 0 Å². The van der Waals surface area contributed by atoms with Crippen LogP contribution in [-0.4, -0.2) is 67.8 Å². The van der Waals surface area contributed by atoms with E-state index >= 15 is 0 Å². The van der Waals surface area contributed by atoms with Gasteiger partial charge in [0.2, 0.25) is 5.91 Å². The molecule has 0 aromatic rings. The van der Waals surface area contributed by atoms with Crippen molar-refractivity contribution in [3.05, 3.63) is 0 Å². The molecule has 0 bridgehead atoms. The molecule has 3 N–H and O–H groups in total. The van der Waals surface area contributed by atoms with Crippen LogP contribution in [-0.2, 0) is 14.9 Å². The molecule has 8 heteroatoms. The van der Waals surface area contributed by atoms with E-state index in [2.05, 4.69) is 10.6 Å². The van der Waals surface area contributed by atoms with Crippen molar-refractivity contribution in [3.8, 4) is 0 Å². The van der Waals surface area contributed by atoms with E-state index in [1.807, 2.05) is 0 Å². The van der Waals surface area contributed by atoms with Crippen LogP contribution in [0.15, 0.2) is 0 Å². The number of piperazine rings is 1. The van der Waals surface area contributed by atoms with E-state index in [4.69, 9.17) is 4.55 Å². The molecule has 0 spiro atoms. The summed E-state index contributed by atoms with van der Waals surface area (Å²) in [4.78, 5) is 13.8. The van der Waals surface area contributed by atoms with Gasteiger partial charge in [0.15, 0.2) is 0 Å². The van der Waals surface area contributed by atoms with Crippen LogP contribution in [0.4, 0.5) is 0 Å². The van der Waals surface area contributed by atoms with Crippen molar-refractivity contribution in [2.24, 2.45) is 0 Å². The third kappa shape index (κ3) is 2.95. The van der Waals surface area contributed by atoms with Gasteiger partial charge in [-0.25, -0.2) is 0 Å². The Labute approximate surface area is 100 Å². The van der Waals surface area contributed by atoms with Gasteiger partial charge in [-0.05, 0) is 6.42 Å². The van der Waals surface area contributed by atoms with Crippen LogP contribution in [0, 0.1) is 0 Å². The summed E-state index contributed by atoms with van der Waals surface area (Å²) in [5.74, 6) is -0.0716. The maximum absolute atomic E-state index is 12.0. The van der Waals surface area contributed by atoms with Gasteiger partial charge < -0.3 is 15.5 Å². The van der Waals surface area contributed by atoms with Crippen LogP contribution in [0.2, 0.25) is 0 Å². The van der Waals surface area contributed by atoms with Crippen molar-refractivity contribution in [2.45, 2.75) is 17.7 Å². The SMILES string of the molecule is O=C([C@@H]1C[C@H](S(=O)(=O)O)CN1)N1CCNCC1. The Morgan fingerprint density at radius 2 is 1.94 bits per heavy atom. The smallest absolute Gasteiger partial charge is 0.269 e. The Bertz CT molecular complexity index is 391. The van der Waals surface area contributed by atoms with Crippen LogP contribution < -0.4 is 10.6 Å². The molecule has 98 valence electrons. The second kappa shape index (κ2) is 4.89. The topological polar surface area (TPSA) is 98.7 Å². The van der Waals surface area contributed by atoms with Crippen molar-refractivity contribution >= 4 is 16.0 Å². The largest absolute Gasteiger partial charge is 0.339 e. The first-order valence-corrected chi connectivity index (χ1v) is 7.18. The highest BCUT2D eigenvalue weighted by atomic mass is 32.2. The van der Waals surface area contributed by atoms with Gasteiger partial charge in [0.05, 0.1) is 6.04 Å². The lowest BCUT2D eigenvalue weighted by atomic mass is 10.2. The lowest BCUT2D eigenvalue weighted by Crippen LogP contribution is -2.51. The van der Waals surface area contributed by atoms with Gasteiger partial charge in [-0.1, -0.05) is 0 Å². The Balaban J connectivity index is 1.93. The summed E-state index contributed by atoms with van der Waals surface area (Å²) in [5, 5.41) is 5.14. The van der Waals surface area contributed by atoms with E-state index in [0.717, 1.165) is 13.1 Å². The Morgan fingerprint density at radius 3 is 2.47 bits per heavy atom. The minimum Gasteiger partial charge on any atom is -0.339 e. The highest BCUT2D eigenvalue weighted by Gasteiger charge is 2.38. The minimum absolute atomic E-state index is 0.0716. The van der Waals surface area contributed by atoms with Gasteiger partial charge in [-0.3, -0.25) is 9.35 Å². The van der Waals surface area contributed by atoms with Crippen LogP contribution in [0.5, 0.6) is 0 Å². The highest BCUT2D eigenvalue weighted by Crippen LogP contribution is 2.16. The Kier molecular flexibility index (Phi) is 3.67. The number of nitrogens with zero attached hydrogens (tertiary/aromatic N) is 1. The zero-order valence-corrected chi connectivity index (χ0v) is 10.2. The second-order valence-electron chi connectivity index (χ2n) is 4.41. The van der Waals surface area contributed by atoms with Crippen LogP contribution in [0.1, 0.15) is 6.42 Å². The third-order valence-corrected chi connectivity index (χ3v) is 4.44. The number of carbonyl (C=O) groups excluding carboxylic acids is 1. The van der Waals surface area contributed by atoms with E-state index in [0.29, 0.717) is 13.1 Å². The zero-order valence-electron chi connectivity index (χ0n) is 9.42. The van der Waals surface area contributed by atoms with Crippen LogP contribution >= 0.6 is 0 Å². The van der Waals surface area contributed by atoms with E-state index in [-0.39, 0.29) is 18.9 Å². The summed E-state index contributed by atoms with van der Waals surface area (Å²) < 4.78 is 30.8. The summed E-state index contributed by atoms with van der Waals surface area (Å²) >= 11 is 0. The van der Waals surface area contributed by atoms with Crippen molar-refractivity contribution in [3.63, 3.8) is 0 Å². The molecule has 2 heterocycles. The fourth-order valence-electron chi connectivity index (χ4n) is 2.22. The molecule has 0 radical (unpaired) electrons. The normalized spacial score (nSPS) is 30.5. The Hall–Kier alpha value is -0.700. The van der Waals surface area contributed by atoms with E-state index in [1.54, 1.807) is 4.90 Å². The van der Waals surface area contributed by atoms with Crippen molar-refractivity contribution in [1.29, 1.82) is 0 Å². The first-order valence-electron chi connectivity index (χ1n) is 5.67. The molecule has 0 aromatic carbocycles. The van der Waals surface area contributed by atoms with Crippen molar-refractivity contribution in [2.75, 3.05) is 32.7 Å². The molecule has 2 aliphatic heterocycles. The Morgan fingerprint density at radius 1 is 1.29 bits per heavy atom. The number of rotatable bonds is 2. The molecule has 2 aliphatic rings. The first-order chi connectivity index (χ1) is 7.98. The third-order valence-electron chi connectivity index (χ3n) is 3.24. The molecule has 1 amide bonds. The lowest BCUT2D eigenvalue weighted by Gasteiger charge is -2.29. The zero-order chi connectivity index (χ0) is 12.5. The molecule has 0 saturated carbocycles. The van der Waals surface area contributed by atoms with Gasteiger partial charge >= 0.3 is 0 Å². The molecular weight excluding hydrogens is 246 g/mol. The van der Waals surface area contributed by atoms with Crippen molar-refractivity contribution in [1.82, 2.24) is 15.5 Å². The molecule has 2 fully saturated rings. The fraction of sp³-hybridized carbons (Fsp3) is 0.889. The summed E-state index contributed by atoms with van der Waals surface area (Å²) in [5.41, 5.74) is 0. The van der Waals surface area contributed by atoms with E-state index in [9.17, 15) is 13.2 Å². The number of amides is 1. The average molecular weight is 263 g/mol. The van der Waals surface area contributed by atoms with Gasteiger partial charge in [0.25, 0.3) is 10.1 Å². The highest BCUT2D eigenvalue weighted by molar-refractivity contribution is 7.86. The van der Waals surface area contributed by atoms with Gasteiger partial charge in [0.1, 0.15) is 5.25 Å². The molecule has 17 heavy (non-hydrogen) atoms. The average Bonchev–Trinajstić information content (AvgIpc) is 2.78. The molecule has 0 aliphatic carbocycles. The molecule has 0 unspecified atom stereocenters. The van der Waals surface area contributed by atoms with Crippen LogP contribution in [0.3, 0.4) is 0 Å². The van der Waals surface area contributed by atoms with E-state index < -0.39 is 21.4 Å². The summed E-state index contributed by atoms with van der Waals surface area (Å²) in [7, 11) is -4.05. The monoisotopic (exact) mass is 263 g/mol. The predicted molar refractivity (Wildman–Crippen MR) is 61.2 cm³/mol. The number of nitrogens with one attached hydrogen (secondary N) is 2. The molecule has 2 saturated heterocycles. The summed E-state index contributed by atoms with van der Waals surface area (Å²) in [6.07, 6.45) is 0.154. The van der Waals surface area contributed by atoms with Gasteiger partial charge in [-0.15, -0.1) is 0 Å². The molecule has 2 rings (SSSR count). The number of hydrogen-bond donors (Lipinski definition) is 3.